The van der Waals surface area contributed by atoms with Crippen LogP contribution in [0.1, 0.15) is 81.5 Å². The molecule has 0 aliphatic heterocycles. The van der Waals surface area contributed by atoms with Crippen molar-refractivity contribution < 1.29 is 19.0 Å². The van der Waals surface area contributed by atoms with Crippen LogP contribution in [0.2, 0.25) is 0 Å². The summed E-state index contributed by atoms with van der Waals surface area (Å²) in [5.41, 5.74) is 0.497. The van der Waals surface area contributed by atoms with Crippen molar-refractivity contribution in [2.75, 3.05) is 13.2 Å². The molecule has 0 N–H and O–H groups in total. The second-order valence-corrected chi connectivity index (χ2v) is 7.99. The number of unbranched alkanes of at least 4 members (excludes halogenated alkanes) is 8. The van der Waals surface area contributed by atoms with E-state index < -0.39 is 0 Å². The van der Waals surface area contributed by atoms with Crippen molar-refractivity contribution in [3.05, 3.63) is 66.7 Å². The van der Waals surface area contributed by atoms with Gasteiger partial charge in [-0.15, -0.1) is 6.58 Å². The zero-order valence-electron chi connectivity index (χ0n) is 19.5. The van der Waals surface area contributed by atoms with Crippen LogP contribution in [0.15, 0.2) is 61.2 Å². The Hall–Kier alpha value is -2.75. The van der Waals surface area contributed by atoms with Crippen molar-refractivity contribution in [2.24, 2.45) is 0 Å². The van der Waals surface area contributed by atoms with Gasteiger partial charge in [0.15, 0.2) is 0 Å². The average molecular weight is 439 g/mol. The molecule has 0 unspecified atom stereocenters. The van der Waals surface area contributed by atoms with Gasteiger partial charge in [-0.3, -0.25) is 0 Å². The third-order valence-electron chi connectivity index (χ3n) is 5.21. The molecular weight excluding hydrogens is 400 g/mol. The monoisotopic (exact) mass is 438 g/mol. The predicted molar refractivity (Wildman–Crippen MR) is 131 cm³/mol. The Morgan fingerprint density at radius 2 is 1.22 bits per heavy atom. The van der Waals surface area contributed by atoms with Crippen molar-refractivity contribution in [1.82, 2.24) is 0 Å². The Bertz CT molecular complexity index is 765. The minimum Gasteiger partial charge on any atom is -0.494 e. The fraction of sp³-hybridized carbons (Fsp3) is 0.464. The average Bonchev–Trinajstić information content (AvgIpc) is 2.82. The Labute approximate surface area is 193 Å². The Kier molecular flexibility index (Phi) is 12.7. The molecule has 0 aromatic heterocycles. The molecule has 0 radical (unpaired) electrons. The molecule has 0 fully saturated rings. The molecule has 0 amide bonds. The van der Waals surface area contributed by atoms with Crippen LogP contribution < -0.4 is 14.2 Å². The first-order valence-electron chi connectivity index (χ1n) is 12.0. The maximum absolute atomic E-state index is 12.4. The fourth-order valence-electron chi connectivity index (χ4n) is 3.29. The van der Waals surface area contributed by atoms with E-state index in [-0.39, 0.29) is 5.97 Å². The molecule has 2 rings (SSSR count). The summed E-state index contributed by atoms with van der Waals surface area (Å²) in [7, 11) is 0. The summed E-state index contributed by atoms with van der Waals surface area (Å²) in [4.78, 5) is 12.4. The molecule has 174 valence electrons. The third-order valence-corrected chi connectivity index (χ3v) is 5.21. The van der Waals surface area contributed by atoms with E-state index in [1.165, 1.54) is 32.1 Å². The van der Waals surface area contributed by atoms with Gasteiger partial charge >= 0.3 is 5.97 Å². The first kappa shape index (κ1) is 25.5. The molecule has 0 saturated heterocycles. The van der Waals surface area contributed by atoms with Crippen molar-refractivity contribution in [3.63, 3.8) is 0 Å². The lowest BCUT2D eigenvalue weighted by Gasteiger charge is -2.09. The van der Waals surface area contributed by atoms with Crippen LogP contribution in [-0.2, 0) is 0 Å². The quantitative estimate of drug-likeness (QED) is 0.109. The normalized spacial score (nSPS) is 10.5. The number of benzene rings is 2. The van der Waals surface area contributed by atoms with Gasteiger partial charge < -0.3 is 14.2 Å². The fourth-order valence-corrected chi connectivity index (χ4v) is 3.29. The highest BCUT2D eigenvalue weighted by atomic mass is 16.5. The van der Waals surface area contributed by atoms with Gasteiger partial charge in [0.2, 0.25) is 0 Å². The van der Waals surface area contributed by atoms with Crippen LogP contribution in [0.25, 0.3) is 0 Å². The lowest BCUT2D eigenvalue weighted by Crippen LogP contribution is -2.08. The third kappa shape index (κ3) is 10.5. The molecule has 0 heterocycles. The van der Waals surface area contributed by atoms with E-state index in [2.05, 4.69) is 13.5 Å². The van der Waals surface area contributed by atoms with E-state index in [0.29, 0.717) is 24.5 Å². The second-order valence-electron chi connectivity index (χ2n) is 7.99. The number of hydrogen-bond donors (Lipinski definition) is 0. The van der Waals surface area contributed by atoms with E-state index in [1.54, 1.807) is 24.3 Å². The van der Waals surface area contributed by atoms with Crippen LogP contribution >= 0.6 is 0 Å². The largest absolute Gasteiger partial charge is 0.494 e. The highest BCUT2D eigenvalue weighted by Gasteiger charge is 2.09. The molecule has 2 aromatic rings. The predicted octanol–water partition coefficient (Wildman–Crippen LogP) is 7.77. The summed E-state index contributed by atoms with van der Waals surface area (Å²) >= 11 is 0. The number of carbonyl (C=O) groups is 1. The zero-order valence-corrected chi connectivity index (χ0v) is 19.5. The number of rotatable bonds is 17. The number of ether oxygens (including phenoxy) is 3. The van der Waals surface area contributed by atoms with Crippen molar-refractivity contribution in [2.45, 2.75) is 71.1 Å². The van der Waals surface area contributed by atoms with Crippen LogP contribution in [0.4, 0.5) is 0 Å². The van der Waals surface area contributed by atoms with Gasteiger partial charge in [0.1, 0.15) is 17.2 Å². The lowest BCUT2D eigenvalue weighted by molar-refractivity contribution is 0.0734. The molecule has 0 saturated carbocycles. The summed E-state index contributed by atoms with van der Waals surface area (Å²) in [5.74, 6) is 1.67. The molecule has 0 atom stereocenters. The van der Waals surface area contributed by atoms with Crippen LogP contribution in [-0.4, -0.2) is 19.2 Å². The zero-order chi connectivity index (χ0) is 22.9. The van der Waals surface area contributed by atoms with Gasteiger partial charge in [0.05, 0.1) is 18.8 Å². The smallest absolute Gasteiger partial charge is 0.343 e. The summed E-state index contributed by atoms with van der Waals surface area (Å²) in [6.45, 7) is 7.35. The highest BCUT2D eigenvalue weighted by molar-refractivity contribution is 5.91. The topological polar surface area (TPSA) is 44.8 Å². The van der Waals surface area contributed by atoms with E-state index in [9.17, 15) is 4.79 Å². The second kappa shape index (κ2) is 16.0. The molecule has 4 heteroatoms. The van der Waals surface area contributed by atoms with Crippen molar-refractivity contribution in [3.8, 4) is 17.2 Å². The number of hydrogen-bond acceptors (Lipinski definition) is 4. The maximum atomic E-state index is 12.4. The Morgan fingerprint density at radius 1 is 0.719 bits per heavy atom. The maximum Gasteiger partial charge on any atom is 0.343 e. The SMILES string of the molecule is C=CCCCCCOc1ccc(OC(=O)c2ccc(OCCCCCCCC)cc2)cc1. The Balaban J connectivity index is 1.68. The minimum atomic E-state index is -0.386. The van der Waals surface area contributed by atoms with Crippen LogP contribution in [0, 0.1) is 0 Å². The van der Waals surface area contributed by atoms with E-state index >= 15 is 0 Å². The van der Waals surface area contributed by atoms with Crippen molar-refractivity contribution in [1.29, 1.82) is 0 Å². The van der Waals surface area contributed by atoms with Crippen LogP contribution in [0.3, 0.4) is 0 Å². The number of carbonyl (C=O) groups excluding carboxylic acids is 1. The Morgan fingerprint density at radius 3 is 1.81 bits per heavy atom. The minimum absolute atomic E-state index is 0.386. The van der Waals surface area contributed by atoms with Crippen LogP contribution in [0.5, 0.6) is 17.2 Å². The summed E-state index contributed by atoms with van der Waals surface area (Å²) in [6, 6.07) is 14.3. The molecule has 0 aliphatic rings. The van der Waals surface area contributed by atoms with E-state index in [4.69, 9.17) is 14.2 Å². The van der Waals surface area contributed by atoms with Gasteiger partial charge in [-0.1, -0.05) is 45.1 Å². The van der Waals surface area contributed by atoms with Gasteiger partial charge in [-0.25, -0.2) is 4.79 Å². The van der Waals surface area contributed by atoms with Gasteiger partial charge in [-0.2, -0.15) is 0 Å². The van der Waals surface area contributed by atoms with E-state index in [0.717, 1.165) is 43.6 Å². The lowest BCUT2D eigenvalue weighted by atomic mass is 10.1. The number of allylic oxidation sites excluding steroid dienone is 1. The first-order chi connectivity index (χ1) is 15.7. The molecule has 0 aliphatic carbocycles. The van der Waals surface area contributed by atoms with Gasteiger partial charge in [-0.05, 0) is 80.6 Å². The molecule has 4 nitrogen and oxygen atoms in total. The molecule has 0 spiro atoms. The van der Waals surface area contributed by atoms with E-state index in [1.807, 2.05) is 30.3 Å². The molecule has 0 bridgehead atoms. The number of esters is 1. The first-order valence-corrected chi connectivity index (χ1v) is 12.0. The highest BCUT2D eigenvalue weighted by Crippen LogP contribution is 2.20. The standard InChI is InChI=1S/C28H38O4/c1-3-5-7-9-11-13-23-30-25-16-14-24(15-17-25)28(29)32-27-20-18-26(19-21-27)31-22-12-10-8-6-4-2/h4,14-21H,2-3,5-13,22-23H2,1H3. The van der Waals surface area contributed by atoms with Crippen molar-refractivity contribution >= 4 is 5.97 Å². The van der Waals surface area contributed by atoms with Gasteiger partial charge in [0, 0.05) is 0 Å². The molecule has 2 aromatic carbocycles. The molecular formula is C28H38O4. The molecule has 32 heavy (non-hydrogen) atoms. The van der Waals surface area contributed by atoms with Gasteiger partial charge in [0.25, 0.3) is 0 Å². The summed E-state index contributed by atoms with van der Waals surface area (Å²) < 4.78 is 17.0. The summed E-state index contributed by atoms with van der Waals surface area (Å²) in [5, 5.41) is 0. The summed E-state index contributed by atoms with van der Waals surface area (Å²) in [6.07, 6.45) is 13.7.